The van der Waals surface area contributed by atoms with Crippen molar-refractivity contribution in [3.8, 4) is 50.2 Å². The molecule has 0 radical (unpaired) electrons. The molecule has 0 amide bonds. The van der Waals surface area contributed by atoms with Crippen LogP contribution < -0.4 is 4.90 Å². The van der Waals surface area contributed by atoms with Crippen LogP contribution in [0, 0.1) is 0 Å². The molecule has 1 aliphatic heterocycles. The van der Waals surface area contributed by atoms with Crippen molar-refractivity contribution in [3.63, 3.8) is 0 Å². The van der Waals surface area contributed by atoms with Crippen LogP contribution in [0.2, 0.25) is 0 Å². The number of hydrogen-bond acceptors (Lipinski definition) is 2. The first kappa shape index (κ1) is 33.4. The monoisotopic (exact) mass is 766 g/mol. The minimum atomic E-state index is -0.136. The smallest absolute Gasteiger partial charge is 0.135 e. The summed E-state index contributed by atoms with van der Waals surface area (Å²) < 4.78 is 8.94. The van der Waals surface area contributed by atoms with E-state index in [9.17, 15) is 0 Å². The molecule has 282 valence electrons. The van der Waals surface area contributed by atoms with E-state index in [1.165, 1.54) is 77.6 Å². The normalized spacial score (nSPS) is 13.3. The summed E-state index contributed by atoms with van der Waals surface area (Å²) in [4.78, 5) is 2.47. The molecule has 3 heterocycles. The molecule has 0 atom stereocenters. The molecule has 0 saturated carbocycles. The average Bonchev–Trinajstić information content (AvgIpc) is 3.89. The van der Waals surface area contributed by atoms with Crippen molar-refractivity contribution in [2.45, 2.75) is 19.3 Å². The number of anilines is 3. The van der Waals surface area contributed by atoms with E-state index >= 15 is 0 Å². The Hall–Kier alpha value is -7.62. The number of para-hydroxylation sites is 2. The van der Waals surface area contributed by atoms with Gasteiger partial charge in [-0.05, 0) is 93.5 Å². The number of rotatable bonds is 5. The highest BCUT2D eigenvalue weighted by Gasteiger charge is 2.41. The third kappa shape index (κ3) is 4.49. The van der Waals surface area contributed by atoms with Gasteiger partial charge >= 0.3 is 0 Å². The van der Waals surface area contributed by atoms with Crippen molar-refractivity contribution in [3.05, 3.63) is 205 Å². The fourth-order valence-corrected chi connectivity index (χ4v) is 10.6. The topological polar surface area (TPSA) is 21.3 Å². The second-order valence-corrected chi connectivity index (χ2v) is 16.8. The van der Waals surface area contributed by atoms with Gasteiger partial charge in [0.05, 0.1) is 22.4 Å². The van der Waals surface area contributed by atoms with Gasteiger partial charge in [0.25, 0.3) is 0 Å². The Morgan fingerprint density at radius 1 is 0.433 bits per heavy atom. The van der Waals surface area contributed by atoms with Crippen LogP contribution in [0.5, 0.6) is 0 Å². The van der Waals surface area contributed by atoms with E-state index in [4.69, 9.17) is 4.42 Å². The Balaban J connectivity index is 1.14. The van der Waals surface area contributed by atoms with Gasteiger partial charge in [-0.3, -0.25) is 0 Å². The molecular weight excluding hydrogens is 729 g/mol. The van der Waals surface area contributed by atoms with Gasteiger partial charge in [-0.1, -0.05) is 153 Å². The van der Waals surface area contributed by atoms with Crippen molar-refractivity contribution in [2.75, 3.05) is 4.90 Å². The van der Waals surface area contributed by atoms with Gasteiger partial charge in [0, 0.05) is 55.0 Å². The van der Waals surface area contributed by atoms with Crippen LogP contribution in [-0.4, -0.2) is 4.57 Å². The average molecular weight is 767 g/mol. The summed E-state index contributed by atoms with van der Waals surface area (Å²) in [5, 5.41) is 4.78. The summed E-state index contributed by atoms with van der Waals surface area (Å²) in [5.41, 5.74) is 21.3. The minimum Gasteiger partial charge on any atom is -0.456 e. The third-order valence-electron chi connectivity index (χ3n) is 13.3. The van der Waals surface area contributed by atoms with Crippen LogP contribution >= 0.6 is 0 Å². The van der Waals surface area contributed by atoms with Crippen LogP contribution in [0.4, 0.5) is 17.1 Å². The predicted molar refractivity (Wildman–Crippen MR) is 250 cm³/mol. The van der Waals surface area contributed by atoms with Gasteiger partial charge in [0.1, 0.15) is 11.2 Å². The lowest BCUT2D eigenvalue weighted by molar-refractivity contribution is 0.661. The van der Waals surface area contributed by atoms with Crippen molar-refractivity contribution in [1.82, 2.24) is 4.57 Å². The van der Waals surface area contributed by atoms with E-state index in [1.807, 2.05) is 6.07 Å². The van der Waals surface area contributed by atoms with Crippen molar-refractivity contribution < 1.29 is 4.42 Å². The highest BCUT2D eigenvalue weighted by Crippen LogP contribution is 2.58. The fraction of sp³-hybridized carbons (Fsp3) is 0.0526. The molecule has 0 bridgehead atoms. The maximum atomic E-state index is 6.39. The Labute approximate surface area is 348 Å². The largest absolute Gasteiger partial charge is 0.456 e. The highest BCUT2D eigenvalue weighted by atomic mass is 16.3. The Morgan fingerprint density at radius 2 is 1.10 bits per heavy atom. The maximum Gasteiger partial charge on any atom is 0.135 e. The molecule has 0 spiro atoms. The highest BCUT2D eigenvalue weighted by molar-refractivity contribution is 6.19. The van der Waals surface area contributed by atoms with Crippen molar-refractivity contribution in [2.24, 2.45) is 0 Å². The zero-order valence-electron chi connectivity index (χ0n) is 33.3. The first-order valence-corrected chi connectivity index (χ1v) is 20.9. The summed E-state index contributed by atoms with van der Waals surface area (Å²) in [7, 11) is 0. The molecule has 2 aromatic heterocycles. The predicted octanol–water partition coefficient (Wildman–Crippen LogP) is 15.8. The van der Waals surface area contributed by atoms with Crippen LogP contribution in [-0.2, 0) is 5.41 Å². The second-order valence-electron chi connectivity index (χ2n) is 16.8. The van der Waals surface area contributed by atoms with E-state index in [-0.39, 0.29) is 5.41 Å². The lowest BCUT2D eigenvalue weighted by Crippen LogP contribution is -2.15. The molecule has 0 saturated heterocycles. The number of nitrogens with zero attached hydrogens (tertiary/aromatic N) is 2. The Bertz CT molecular complexity index is 3570. The summed E-state index contributed by atoms with van der Waals surface area (Å²) >= 11 is 0. The molecule has 3 nitrogen and oxygen atoms in total. The third-order valence-corrected chi connectivity index (χ3v) is 13.3. The Morgan fingerprint density at radius 3 is 1.95 bits per heavy atom. The standard InChI is InChI=1S/C57H38N2O/c1-57(2)46-23-13-22-42-44-33-37(27-31-49(44)59-48-24-11-9-19-40(48)43-29-30-47(57)55(54(42)46)56(43)59)58(38-28-32-52-45(34-38)41-20-10-12-26-51(41)60-52)50-25-14-21-39(35-15-5-3-6-16-35)53(50)36-17-7-4-8-18-36/h3-34H,1-2H3. The Kier molecular flexibility index (Phi) is 6.78. The fourth-order valence-electron chi connectivity index (χ4n) is 10.6. The second kappa shape index (κ2) is 12.2. The van der Waals surface area contributed by atoms with Crippen LogP contribution in [0.1, 0.15) is 25.0 Å². The molecular formula is C57H38N2O. The van der Waals surface area contributed by atoms with Gasteiger partial charge in [-0.15, -0.1) is 0 Å². The summed E-state index contributed by atoms with van der Waals surface area (Å²) in [5.74, 6) is 0. The van der Waals surface area contributed by atoms with Gasteiger partial charge in [0.15, 0.2) is 0 Å². The van der Waals surface area contributed by atoms with Gasteiger partial charge in [0.2, 0.25) is 0 Å². The van der Waals surface area contributed by atoms with Crippen LogP contribution in [0.3, 0.4) is 0 Å². The molecule has 2 aliphatic rings. The zero-order chi connectivity index (χ0) is 39.7. The number of aromatic nitrogens is 1. The minimum absolute atomic E-state index is 0.136. The van der Waals surface area contributed by atoms with E-state index in [1.54, 1.807) is 0 Å². The van der Waals surface area contributed by atoms with E-state index in [0.29, 0.717) is 0 Å². The summed E-state index contributed by atoms with van der Waals surface area (Å²) in [6.07, 6.45) is 0. The molecule has 0 fully saturated rings. The van der Waals surface area contributed by atoms with Gasteiger partial charge in [-0.25, -0.2) is 0 Å². The van der Waals surface area contributed by atoms with Crippen LogP contribution in [0.25, 0.3) is 93.9 Å². The molecule has 3 heteroatoms. The number of hydrogen-bond donors (Lipinski definition) is 0. The molecule has 1 aliphatic carbocycles. The van der Waals surface area contributed by atoms with Crippen molar-refractivity contribution in [1.29, 1.82) is 0 Å². The first-order chi connectivity index (χ1) is 29.5. The number of furan rings is 1. The SMILES string of the molecule is CC1(C)c2cccc3c2-c2c1ccc1c4ccccc4n(c21)-c1ccc(N(c2ccc4oc5ccccc5c4c2)c2cccc(-c4ccccc4)c2-c2ccccc2)cc1-3. The quantitative estimate of drug-likeness (QED) is 0.174. The maximum absolute atomic E-state index is 6.39. The van der Waals surface area contributed by atoms with Crippen LogP contribution in [0.15, 0.2) is 199 Å². The first-order valence-electron chi connectivity index (χ1n) is 20.9. The summed E-state index contributed by atoms with van der Waals surface area (Å²) in [6, 6.07) is 71.2. The molecule has 0 N–H and O–H groups in total. The number of fused-ring (bicyclic) bond motifs is 9. The summed E-state index contributed by atoms with van der Waals surface area (Å²) in [6.45, 7) is 4.78. The zero-order valence-corrected chi connectivity index (χ0v) is 33.3. The molecule has 11 aromatic rings. The molecule has 13 rings (SSSR count). The van der Waals surface area contributed by atoms with E-state index in [0.717, 1.165) is 44.6 Å². The van der Waals surface area contributed by atoms with Gasteiger partial charge in [-0.2, -0.15) is 0 Å². The van der Waals surface area contributed by atoms with Gasteiger partial charge < -0.3 is 13.9 Å². The number of benzene rings is 9. The van der Waals surface area contributed by atoms with Crippen molar-refractivity contribution >= 4 is 60.8 Å². The van der Waals surface area contributed by atoms with E-state index < -0.39 is 0 Å². The molecule has 60 heavy (non-hydrogen) atoms. The molecule has 0 unspecified atom stereocenters. The van der Waals surface area contributed by atoms with E-state index in [2.05, 4.69) is 211 Å². The molecule has 9 aromatic carbocycles. The lowest BCUT2D eigenvalue weighted by Gasteiger charge is -2.30. The lowest BCUT2D eigenvalue weighted by atomic mass is 9.81.